The van der Waals surface area contributed by atoms with E-state index in [0.29, 0.717) is 12.5 Å². The molecule has 0 amide bonds. The Kier molecular flexibility index (Phi) is 8.52. The van der Waals surface area contributed by atoms with E-state index in [2.05, 4.69) is 0 Å². The lowest BCUT2D eigenvalue weighted by molar-refractivity contribution is -0.148. The van der Waals surface area contributed by atoms with Crippen LogP contribution in [0.1, 0.15) is 48.4 Å². The molecule has 0 spiro atoms. The molecule has 122 valence electrons. The fourth-order valence-electron chi connectivity index (χ4n) is 1.27. The molecule has 0 bridgehead atoms. The number of benzene rings is 1. The largest absolute Gasteiger partial charge is 0.478 e. The Bertz CT molecular complexity index is 486. The van der Waals surface area contributed by atoms with Gasteiger partial charge >= 0.3 is 17.9 Å². The second-order valence-electron chi connectivity index (χ2n) is 5.33. The van der Waals surface area contributed by atoms with Gasteiger partial charge < -0.3 is 14.9 Å². The van der Waals surface area contributed by atoms with Crippen LogP contribution in [0.15, 0.2) is 24.3 Å². The molecule has 0 saturated heterocycles. The Morgan fingerprint density at radius 1 is 0.955 bits per heavy atom. The van der Waals surface area contributed by atoms with Crippen LogP contribution in [-0.2, 0) is 9.53 Å². The minimum absolute atomic E-state index is 0.00116. The van der Waals surface area contributed by atoms with E-state index in [4.69, 9.17) is 14.9 Å². The number of carboxylic acid groups (broad SMARTS) is 2. The van der Waals surface area contributed by atoms with Crippen LogP contribution in [0.5, 0.6) is 0 Å². The average molecular weight is 310 g/mol. The summed E-state index contributed by atoms with van der Waals surface area (Å²) in [6, 6.07) is 5.48. The first kappa shape index (κ1) is 19.6. The van der Waals surface area contributed by atoms with Crippen LogP contribution >= 0.6 is 0 Å². The van der Waals surface area contributed by atoms with E-state index in [9.17, 15) is 14.4 Å². The van der Waals surface area contributed by atoms with Crippen molar-refractivity contribution in [2.45, 2.75) is 27.7 Å². The maximum absolute atomic E-state index is 10.8. The van der Waals surface area contributed by atoms with Crippen molar-refractivity contribution < 1.29 is 29.3 Å². The summed E-state index contributed by atoms with van der Waals surface area (Å²) in [5.41, 5.74) is -0.380. The summed E-state index contributed by atoms with van der Waals surface area (Å²) in [5, 5.41) is 17.1. The summed E-state index contributed by atoms with van der Waals surface area (Å²) in [4.78, 5) is 31.8. The molecule has 0 fully saturated rings. The lowest BCUT2D eigenvalue weighted by Gasteiger charge is -2.08. The summed E-state index contributed by atoms with van der Waals surface area (Å²) in [6.07, 6.45) is 0. The van der Waals surface area contributed by atoms with Crippen molar-refractivity contribution >= 4 is 17.9 Å². The number of aromatic carboxylic acids is 2. The van der Waals surface area contributed by atoms with Crippen molar-refractivity contribution in [2.24, 2.45) is 11.8 Å². The molecule has 1 aromatic carbocycles. The quantitative estimate of drug-likeness (QED) is 0.811. The van der Waals surface area contributed by atoms with E-state index >= 15 is 0 Å². The average Bonchev–Trinajstić information content (AvgIpc) is 2.45. The summed E-state index contributed by atoms with van der Waals surface area (Å²) in [5.74, 6) is -2.13. The van der Waals surface area contributed by atoms with Gasteiger partial charge in [0.1, 0.15) is 0 Å². The van der Waals surface area contributed by atoms with E-state index in [0.717, 1.165) is 0 Å². The van der Waals surface area contributed by atoms with Crippen molar-refractivity contribution in [1.29, 1.82) is 0 Å². The molecule has 0 saturated carbocycles. The van der Waals surface area contributed by atoms with Gasteiger partial charge in [-0.2, -0.15) is 0 Å². The first-order valence-electron chi connectivity index (χ1n) is 6.89. The lowest BCUT2D eigenvalue weighted by atomic mass is 10.1. The van der Waals surface area contributed by atoms with Crippen LogP contribution in [0, 0.1) is 11.8 Å². The van der Waals surface area contributed by atoms with Crippen LogP contribution in [-0.4, -0.2) is 34.7 Å². The van der Waals surface area contributed by atoms with E-state index in [1.165, 1.54) is 24.3 Å². The van der Waals surface area contributed by atoms with Crippen LogP contribution in [0.3, 0.4) is 0 Å². The molecular formula is C16H22O6. The molecule has 0 aliphatic rings. The molecule has 0 heterocycles. The van der Waals surface area contributed by atoms with Crippen LogP contribution < -0.4 is 0 Å². The van der Waals surface area contributed by atoms with Crippen molar-refractivity contribution in [3.63, 3.8) is 0 Å². The molecule has 2 N–H and O–H groups in total. The Hall–Kier alpha value is -2.37. The number of rotatable bonds is 5. The smallest absolute Gasteiger partial charge is 0.336 e. The van der Waals surface area contributed by atoms with E-state index < -0.39 is 11.9 Å². The summed E-state index contributed by atoms with van der Waals surface area (Å²) in [7, 11) is 0. The molecule has 0 atom stereocenters. The standard InChI is InChI=1S/C8H6O4.C8H16O2/c9-7(10)5-3-1-2-4-6(5)8(11)12;1-6(2)5-10-8(9)7(3)4/h1-4H,(H,9,10)(H,11,12);6-7H,5H2,1-4H3. The molecule has 1 aromatic rings. The second kappa shape index (κ2) is 9.55. The summed E-state index contributed by atoms with van der Waals surface area (Å²) in [6.45, 7) is 8.25. The number of carbonyl (C=O) groups excluding carboxylic acids is 1. The predicted molar refractivity (Wildman–Crippen MR) is 81.0 cm³/mol. The molecule has 0 radical (unpaired) electrons. The minimum atomic E-state index is -1.23. The summed E-state index contributed by atoms with van der Waals surface area (Å²) < 4.78 is 4.93. The zero-order valence-corrected chi connectivity index (χ0v) is 13.2. The number of ether oxygens (including phenoxy) is 1. The molecule has 6 nitrogen and oxygen atoms in total. The number of carboxylic acids is 2. The maximum atomic E-state index is 10.8. The zero-order valence-electron chi connectivity index (χ0n) is 13.2. The van der Waals surface area contributed by atoms with E-state index in [1.54, 1.807) is 0 Å². The van der Waals surface area contributed by atoms with Crippen LogP contribution in [0.4, 0.5) is 0 Å². The number of carbonyl (C=O) groups is 3. The van der Waals surface area contributed by atoms with Crippen molar-refractivity contribution in [1.82, 2.24) is 0 Å². The molecule has 0 aromatic heterocycles. The SMILES string of the molecule is CC(C)COC(=O)C(C)C.O=C(O)c1ccccc1C(=O)O. The van der Waals surface area contributed by atoms with Gasteiger partial charge in [0.05, 0.1) is 23.7 Å². The van der Waals surface area contributed by atoms with Gasteiger partial charge in [-0.1, -0.05) is 39.8 Å². The highest BCUT2D eigenvalue weighted by Gasteiger charge is 2.13. The van der Waals surface area contributed by atoms with Crippen molar-refractivity contribution in [3.8, 4) is 0 Å². The Labute approximate surface area is 129 Å². The fourth-order valence-corrected chi connectivity index (χ4v) is 1.27. The molecule has 22 heavy (non-hydrogen) atoms. The van der Waals surface area contributed by atoms with Crippen molar-refractivity contribution in [3.05, 3.63) is 35.4 Å². The normalized spacial score (nSPS) is 9.91. The molecule has 1 rings (SSSR count). The number of hydrogen-bond acceptors (Lipinski definition) is 4. The van der Waals surface area contributed by atoms with Gasteiger partial charge in [0.25, 0.3) is 0 Å². The van der Waals surface area contributed by atoms with Gasteiger partial charge in [-0.25, -0.2) is 9.59 Å². The highest BCUT2D eigenvalue weighted by atomic mass is 16.5. The Morgan fingerprint density at radius 2 is 1.36 bits per heavy atom. The molecule has 6 heteroatoms. The van der Waals surface area contributed by atoms with Gasteiger partial charge in [-0.15, -0.1) is 0 Å². The molecule has 0 aliphatic carbocycles. The third-order valence-corrected chi connectivity index (χ3v) is 2.42. The minimum Gasteiger partial charge on any atom is -0.478 e. The van der Waals surface area contributed by atoms with Gasteiger partial charge in [-0.05, 0) is 18.1 Å². The first-order chi connectivity index (χ1) is 10.2. The number of esters is 1. The third-order valence-electron chi connectivity index (χ3n) is 2.42. The van der Waals surface area contributed by atoms with Gasteiger partial charge in [0.2, 0.25) is 0 Å². The zero-order chi connectivity index (χ0) is 17.3. The van der Waals surface area contributed by atoms with Crippen molar-refractivity contribution in [2.75, 3.05) is 6.61 Å². The number of hydrogen-bond donors (Lipinski definition) is 2. The topological polar surface area (TPSA) is 101 Å². The molecule has 0 unspecified atom stereocenters. The Balaban J connectivity index is 0.000000409. The van der Waals surface area contributed by atoms with Crippen LogP contribution in [0.2, 0.25) is 0 Å². The Morgan fingerprint density at radius 3 is 1.64 bits per heavy atom. The second-order valence-corrected chi connectivity index (χ2v) is 5.33. The lowest BCUT2D eigenvalue weighted by Crippen LogP contribution is -2.14. The monoisotopic (exact) mass is 310 g/mol. The molecule has 0 aliphatic heterocycles. The summed E-state index contributed by atoms with van der Waals surface area (Å²) >= 11 is 0. The van der Waals surface area contributed by atoms with E-state index in [1.807, 2.05) is 27.7 Å². The predicted octanol–water partition coefficient (Wildman–Crippen LogP) is 2.92. The fraction of sp³-hybridized carbons (Fsp3) is 0.438. The van der Waals surface area contributed by atoms with E-state index in [-0.39, 0.29) is 23.0 Å². The van der Waals surface area contributed by atoms with Gasteiger partial charge in [0.15, 0.2) is 0 Å². The van der Waals surface area contributed by atoms with Gasteiger partial charge in [0, 0.05) is 0 Å². The first-order valence-corrected chi connectivity index (χ1v) is 6.89. The molecular weight excluding hydrogens is 288 g/mol. The highest BCUT2D eigenvalue weighted by Crippen LogP contribution is 2.07. The van der Waals surface area contributed by atoms with Crippen LogP contribution in [0.25, 0.3) is 0 Å². The highest BCUT2D eigenvalue weighted by molar-refractivity contribution is 6.01. The maximum Gasteiger partial charge on any atom is 0.336 e. The third kappa shape index (κ3) is 7.42. The van der Waals surface area contributed by atoms with Gasteiger partial charge in [-0.3, -0.25) is 4.79 Å².